The van der Waals surface area contributed by atoms with Crippen molar-refractivity contribution in [3.8, 4) is 5.75 Å². The zero-order chi connectivity index (χ0) is 65.6. The SMILES string of the molecule is CC12CC3CC(C1)C(=O)C(C3)C2.CC12CC3CC(C1)C(O)C(C3)C2.CC12CC3CC(C1)CC(O)(C3)C2.CC1CC2CCC1C2.COc1ccc(C)cc1.Cc1c(F)c(F)c(F)c(F)c1F.Cc1ccc(Cl)c(Cl)c1.Cc1ccc(Cl)cc1.Cc1ccc(F)cc1. The van der Waals surface area contributed by atoms with Gasteiger partial charge in [-0.1, -0.05) is 128 Å². The van der Waals surface area contributed by atoms with Crippen molar-refractivity contribution in [2.75, 3.05) is 7.11 Å². The van der Waals surface area contributed by atoms with Crippen molar-refractivity contribution in [3.05, 3.63) is 169 Å². The van der Waals surface area contributed by atoms with Crippen molar-refractivity contribution < 1.29 is 46.1 Å². The lowest BCUT2D eigenvalue weighted by Crippen LogP contribution is -2.54. The number of fused-ring (bicyclic) bond motifs is 2. The van der Waals surface area contributed by atoms with Gasteiger partial charge in [-0.3, -0.25) is 4.79 Å². The molecule has 9 unspecified atom stereocenters. The van der Waals surface area contributed by atoms with Gasteiger partial charge in [0.15, 0.2) is 23.3 Å². The molecule has 90 heavy (non-hydrogen) atoms. The lowest BCUT2D eigenvalue weighted by atomic mass is 9.48. The molecule has 0 saturated heterocycles. The smallest absolute Gasteiger partial charge is 0.200 e. The van der Waals surface area contributed by atoms with E-state index in [1.54, 1.807) is 51.0 Å². The van der Waals surface area contributed by atoms with Crippen molar-refractivity contribution in [2.45, 2.75) is 202 Å². The minimum absolute atomic E-state index is 0.0645. The van der Waals surface area contributed by atoms with E-state index in [-0.39, 0.29) is 17.5 Å². The van der Waals surface area contributed by atoms with Gasteiger partial charge in [0.25, 0.3) is 0 Å². The first-order chi connectivity index (χ1) is 42.3. The maximum absolute atomic E-state index is 12.4. The molecule has 2 N–H and O–H groups in total. The number of hydrogen-bond donors (Lipinski definition) is 2. The molecular weight excluding hydrogens is 1210 g/mol. The Morgan fingerprint density at radius 3 is 1.29 bits per heavy atom. The van der Waals surface area contributed by atoms with Crippen LogP contribution in [0, 0.1) is 151 Å². The Balaban J connectivity index is 0.000000131. The number of aliphatic hydroxyl groups excluding tert-OH is 1. The first kappa shape index (κ1) is 71.8. The number of aliphatic hydroxyl groups is 2. The fraction of sp³-hybridized carbons (Fsp3) is 0.597. The molecule has 494 valence electrons. The summed E-state index contributed by atoms with van der Waals surface area (Å²) in [6.07, 6.45) is 26.8. The monoisotopic (exact) mass is 1310 g/mol. The van der Waals surface area contributed by atoms with Crippen LogP contribution in [0.25, 0.3) is 0 Å². The van der Waals surface area contributed by atoms with Crippen molar-refractivity contribution in [3.63, 3.8) is 0 Å². The van der Waals surface area contributed by atoms with Crippen molar-refractivity contribution in [1.82, 2.24) is 0 Å². The second kappa shape index (κ2) is 30.6. The Hall–Kier alpha value is -4.06. The fourth-order valence-corrected chi connectivity index (χ4v) is 19.3. The molecule has 0 aliphatic heterocycles. The van der Waals surface area contributed by atoms with Crippen LogP contribution in [0.2, 0.25) is 15.1 Å². The molecular formula is C77H99Cl3F6O4. The summed E-state index contributed by atoms with van der Waals surface area (Å²) in [6, 6.07) is 27.7. The van der Waals surface area contributed by atoms with E-state index in [1.165, 1.54) is 107 Å². The third-order valence-corrected chi connectivity index (χ3v) is 23.0. The number of rotatable bonds is 1. The third kappa shape index (κ3) is 19.1. The van der Waals surface area contributed by atoms with Gasteiger partial charge in [0.1, 0.15) is 17.3 Å². The van der Waals surface area contributed by atoms with E-state index in [0.717, 1.165) is 89.5 Å². The highest BCUT2D eigenvalue weighted by Crippen LogP contribution is 2.62. The first-order valence-corrected chi connectivity index (χ1v) is 34.3. The van der Waals surface area contributed by atoms with E-state index in [0.29, 0.717) is 55.7 Å². The molecule has 14 aliphatic carbocycles. The summed E-state index contributed by atoms with van der Waals surface area (Å²) >= 11 is 16.9. The summed E-state index contributed by atoms with van der Waals surface area (Å²) in [4.78, 5) is 11.7. The summed E-state index contributed by atoms with van der Waals surface area (Å²) in [6.45, 7) is 18.4. The molecule has 9 atom stereocenters. The van der Waals surface area contributed by atoms with Crippen LogP contribution < -0.4 is 4.74 Å². The van der Waals surface area contributed by atoms with Crippen LogP contribution in [0.5, 0.6) is 5.75 Å². The van der Waals surface area contributed by atoms with Gasteiger partial charge in [-0.15, -0.1) is 0 Å². The number of hydrogen-bond acceptors (Lipinski definition) is 4. The Labute approximate surface area is 549 Å². The van der Waals surface area contributed by atoms with Gasteiger partial charge in [-0.25, -0.2) is 26.3 Å². The molecule has 14 aliphatic rings. The molecule has 4 nitrogen and oxygen atoms in total. The summed E-state index contributed by atoms with van der Waals surface area (Å²) < 4.78 is 78.6. The molecule has 19 rings (SSSR count). The number of benzene rings is 5. The first-order valence-electron chi connectivity index (χ1n) is 33.2. The maximum Gasteiger partial charge on any atom is 0.200 e. The van der Waals surface area contributed by atoms with Crippen LogP contribution in [0.15, 0.2) is 91.0 Å². The lowest BCUT2D eigenvalue weighted by Gasteiger charge is -2.59. The fourth-order valence-electron chi connectivity index (χ4n) is 18.8. The highest BCUT2D eigenvalue weighted by atomic mass is 35.5. The van der Waals surface area contributed by atoms with Crippen LogP contribution in [0.3, 0.4) is 0 Å². The molecule has 14 bridgehead atoms. The van der Waals surface area contributed by atoms with E-state index in [1.807, 2.05) is 81.4 Å². The number of Topliss-reactive ketones (excluding diaryl/α,β-unsaturated/α-hetero) is 1. The zero-order valence-corrected chi connectivity index (χ0v) is 57.1. The van der Waals surface area contributed by atoms with Crippen molar-refractivity contribution in [1.29, 1.82) is 0 Å². The van der Waals surface area contributed by atoms with Crippen molar-refractivity contribution in [2.24, 2.45) is 81.3 Å². The van der Waals surface area contributed by atoms with Crippen LogP contribution in [-0.4, -0.2) is 34.8 Å². The zero-order valence-electron chi connectivity index (χ0n) is 54.8. The minimum Gasteiger partial charge on any atom is -0.497 e. The molecule has 14 fully saturated rings. The minimum atomic E-state index is -2.13. The number of carbonyl (C=O) groups excluding carboxylic acids is 1. The lowest BCUT2D eigenvalue weighted by molar-refractivity contribution is -0.157. The normalized spacial score (nSPS) is 33.8. The molecule has 5 aromatic rings. The number of aryl methyl sites for hydroxylation is 4. The van der Waals surface area contributed by atoms with Gasteiger partial charge in [-0.2, -0.15) is 0 Å². The molecule has 13 heteroatoms. The predicted octanol–water partition coefficient (Wildman–Crippen LogP) is 22.2. The average Bonchev–Trinajstić information content (AvgIpc) is 0.925. The second-order valence-electron chi connectivity index (χ2n) is 30.7. The average molecular weight is 1310 g/mol. The second-order valence-corrected chi connectivity index (χ2v) is 31.9. The number of carbonyl (C=O) groups is 1. The maximum atomic E-state index is 12.4. The van der Waals surface area contributed by atoms with E-state index in [2.05, 4.69) is 34.6 Å². The summed E-state index contributed by atoms with van der Waals surface area (Å²) in [5.41, 5.74) is 5.31. The van der Waals surface area contributed by atoms with Crippen LogP contribution >= 0.6 is 34.8 Å². The molecule has 0 heterocycles. The quantitative estimate of drug-likeness (QED) is 0.0997. The van der Waals surface area contributed by atoms with E-state index >= 15 is 0 Å². The summed E-state index contributed by atoms with van der Waals surface area (Å²) in [5.74, 6) is 1.09. The van der Waals surface area contributed by atoms with Gasteiger partial charge in [0, 0.05) is 22.4 Å². The van der Waals surface area contributed by atoms with Crippen molar-refractivity contribution >= 4 is 40.6 Å². The summed E-state index contributed by atoms with van der Waals surface area (Å²) in [7, 11) is 1.67. The third-order valence-electron chi connectivity index (χ3n) is 22.0. The largest absolute Gasteiger partial charge is 0.497 e. The van der Waals surface area contributed by atoms with Crippen LogP contribution in [0.1, 0.15) is 184 Å². The van der Waals surface area contributed by atoms with Gasteiger partial charge in [0.2, 0.25) is 5.82 Å². The van der Waals surface area contributed by atoms with E-state index in [9.17, 15) is 41.4 Å². The Bertz CT molecular complexity index is 2910. The Morgan fingerprint density at radius 2 is 0.911 bits per heavy atom. The number of ether oxygens (including phenoxy) is 1. The standard InChI is InChI=1S/2C11H18O.C11H16O.C8H10O.C8H14.C7H6Cl2.C7H7Cl.C7H3F5.C7H7F/c1-10-3-8-2-9(4-10)6-11(12,5-8)7-10;2*1-11-4-7-2-8(5-11)10(12)9(3-7)6-11;1-7-3-5-8(9-2)6-4-7;1-6-4-7-2-3-8(6)5-7;1-5-2-3-6(8)7(9)4-5;1-6-2-4-7(8)5-3-6;1-2-3(8)5(10)7(12)6(11)4(2)9;1-6-2-4-7(8)5-3-6/h8-9,12H,2-7H2,1H3;7-10,12H,2-6H2,1H3;7-9H,2-6H2,1H3;3-6H,1-2H3;6-8H,2-5H2,1H3;2-4H,1H3;2-5H,1H3;1H3;2-5H,1H3. The van der Waals surface area contributed by atoms with Gasteiger partial charge >= 0.3 is 0 Å². The molecule has 0 spiro atoms. The van der Waals surface area contributed by atoms with Crippen LogP contribution in [0.4, 0.5) is 26.3 Å². The molecule has 0 aromatic heterocycles. The number of ketones is 1. The highest BCUT2D eigenvalue weighted by Gasteiger charge is 2.56. The summed E-state index contributed by atoms with van der Waals surface area (Å²) in [5, 5.41) is 22.2. The number of methoxy groups -OCH3 is 1. The predicted molar refractivity (Wildman–Crippen MR) is 354 cm³/mol. The molecule has 14 saturated carbocycles. The molecule has 0 radical (unpaired) electrons. The highest BCUT2D eigenvalue weighted by molar-refractivity contribution is 6.42. The van der Waals surface area contributed by atoms with E-state index in [4.69, 9.17) is 39.5 Å². The molecule has 0 amide bonds. The van der Waals surface area contributed by atoms with Crippen LogP contribution in [-0.2, 0) is 4.79 Å². The molecule has 5 aromatic carbocycles. The van der Waals surface area contributed by atoms with E-state index < -0.39 is 34.6 Å². The topological polar surface area (TPSA) is 66.8 Å². The Morgan fingerprint density at radius 1 is 0.467 bits per heavy atom. The van der Waals surface area contributed by atoms with Gasteiger partial charge < -0.3 is 14.9 Å². The van der Waals surface area contributed by atoms with Gasteiger partial charge in [0.05, 0.1) is 28.9 Å². The Kier molecular flexibility index (Phi) is 24.4. The van der Waals surface area contributed by atoms with Gasteiger partial charge in [-0.05, 0) is 280 Å². The number of halogens is 9.